The number of carbonyl (C=O) groups is 1. The molecule has 1 aromatic carbocycles. The standard InChI is InChI=1S/C16H24ClNO2/c1-11(2)15(20)16(3,4)10-18-14(19)9-12-7-5-6-8-13(12)17/h5-8,11,15,20H,9-10H2,1-4H3,(H,18,19). The fourth-order valence-corrected chi connectivity index (χ4v) is 2.41. The van der Waals surface area contributed by atoms with E-state index in [2.05, 4.69) is 5.32 Å². The van der Waals surface area contributed by atoms with Gasteiger partial charge in [-0.1, -0.05) is 57.5 Å². The molecule has 0 aromatic heterocycles. The summed E-state index contributed by atoms with van der Waals surface area (Å²) in [5.41, 5.74) is 0.457. The van der Waals surface area contributed by atoms with Crippen LogP contribution in [-0.4, -0.2) is 23.7 Å². The van der Waals surface area contributed by atoms with Crippen LogP contribution in [0.4, 0.5) is 0 Å². The van der Waals surface area contributed by atoms with Gasteiger partial charge in [-0.25, -0.2) is 0 Å². The maximum Gasteiger partial charge on any atom is 0.224 e. The summed E-state index contributed by atoms with van der Waals surface area (Å²) >= 11 is 6.03. The zero-order valence-corrected chi connectivity index (χ0v) is 13.4. The predicted molar refractivity (Wildman–Crippen MR) is 82.8 cm³/mol. The molecule has 1 rings (SSSR count). The molecule has 0 fully saturated rings. The average Bonchev–Trinajstić information content (AvgIpc) is 2.38. The molecular weight excluding hydrogens is 274 g/mol. The van der Waals surface area contributed by atoms with E-state index < -0.39 is 6.10 Å². The lowest BCUT2D eigenvalue weighted by Gasteiger charge is -2.33. The van der Waals surface area contributed by atoms with E-state index in [0.29, 0.717) is 11.6 Å². The molecule has 1 aromatic rings. The third-order valence-electron chi connectivity index (χ3n) is 3.48. The maximum atomic E-state index is 12.0. The molecule has 0 aliphatic heterocycles. The van der Waals surface area contributed by atoms with Crippen LogP contribution in [0.1, 0.15) is 33.3 Å². The zero-order chi connectivity index (χ0) is 15.3. The molecular formula is C16H24ClNO2. The van der Waals surface area contributed by atoms with Gasteiger partial charge in [-0.2, -0.15) is 0 Å². The summed E-state index contributed by atoms with van der Waals surface area (Å²) in [5, 5.41) is 13.6. The SMILES string of the molecule is CC(C)C(O)C(C)(C)CNC(=O)Cc1ccccc1Cl. The minimum absolute atomic E-state index is 0.0814. The third kappa shape index (κ3) is 4.80. The Morgan fingerprint density at radius 3 is 2.50 bits per heavy atom. The maximum absolute atomic E-state index is 12.0. The number of aliphatic hydroxyl groups is 1. The lowest BCUT2D eigenvalue weighted by atomic mass is 9.80. The van der Waals surface area contributed by atoms with Crippen molar-refractivity contribution in [3.63, 3.8) is 0 Å². The topological polar surface area (TPSA) is 49.3 Å². The molecule has 0 aliphatic carbocycles. The Kier molecular flexibility index (Phi) is 6.03. The van der Waals surface area contributed by atoms with Gasteiger partial charge in [0.2, 0.25) is 5.91 Å². The quantitative estimate of drug-likeness (QED) is 0.848. The van der Waals surface area contributed by atoms with Crippen LogP contribution in [0.15, 0.2) is 24.3 Å². The molecule has 0 radical (unpaired) electrons. The molecule has 20 heavy (non-hydrogen) atoms. The number of hydrogen-bond acceptors (Lipinski definition) is 2. The number of nitrogens with one attached hydrogen (secondary N) is 1. The Balaban J connectivity index is 2.54. The van der Waals surface area contributed by atoms with E-state index in [0.717, 1.165) is 5.56 Å². The first-order chi connectivity index (χ1) is 9.24. The Bertz CT molecular complexity index is 458. The summed E-state index contributed by atoms with van der Waals surface area (Å²) in [6, 6.07) is 7.32. The Hall–Kier alpha value is -1.06. The highest BCUT2D eigenvalue weighted by Gasteiger charge is 2.30. The van der Waals surface area contributed by atoms with Gasteiger partial charge in [0, 0.05) is 17.0 Å². The minimum atomic E-state index is -0.455. The van der Waals surface area contributed by atoms with Crippen LogP contribution < -0.4 is 5.32 Å². The van der Waals surface area contributed by atoms with Crippen LogP contribution in [0.2, 0.25) is 5.02 Å². The fourth-order valence-electron chi connectivity index (χ4n) is 2.21. The predicted octanol–water partition coefficient (Wildman–Crippen LogP) is 3.04. The van der Waals surface area contributed by atoms with Crippen LogP contribution in [0, 0.1) is 11.3 Å². The van der Waals surface area contributed by atoms with Gasteiger partial charge in [0.25, 0.3) is 0 Å². The molecule has 0 aliphatic rings. The zero-order valence-electron chi connectivity index (χ0n) is 12.6. The molecule has 0 spiro atoms. The second kappa shape index (κ2) is 7.09. The van der Waals surface area contributed by atoms with Gasteiger partial charge in [0.05, 0.1) is 12.5 Å². The Morgan fingerprint density at radius 1 is 1.35 bits per heavy atom. The Morgan fingerprint density at radius 2 is 1.95 bits per heavy atom. The summed E-state index contributed by atoms with van der Waals surface area (Å²) in [6.45, 7) is 8.28. The van der Waals surface area contributed by atoms with Gasteiger partial charge in [-0.3, -0.25) is 4.79 Å². The number of amides is 1. The lowest BCUT2D eigenvalue weighted by Crippen LogP contribution is -2.43. The van der Waals surface area contributed by atoms with Crippen molar-refractivity contribution in [2.45, 2.75) is 40.2 Å². The van der Waals surface area contributed by atoms with E-state index in [4.69, 9.17) is 11.6 Å². The number of carbonyl (C=O) groups excluding carboxylic acids is 1. The van der Waals surface area contributed by atoms with Gasteiger partial charge in [-0.05, 0) is 17.5 Å². The number of aliphatic hydroxyl groups excluding tert-OH is 1. The summed E-state index contributed by atoms with van der Waals surface area (Å²) < 4.78 is 0. The molecule has 112 valence electrons. The smallest absolute Gasteiger partial charge is 0.224 e. The van der Waals surface area contributed by atoms with Gasteiger partial charge in [0.15, 0.2) is 0 Å². The van der Waals surface area contributed by atoms with E-state index in [-0.39, 0.29) is 23.7 Å². The molecule has 0 saturated heterocycles. The van der Waals surface area contributed by atoms with Crippen LogP contribution in [0.5, 0.6) is 0 Å². The van der Waals surface area contributed by atoms with Crippen LogP contribution in [0.25, 0.3) is 0 Å². The van der Waals surface area contributed by atoms with Crippen molar-refractivity contribution < 1.29 is 9.90 Å². The van der Waals surface area contributed by atoms with Crippen molar-refractivity contribution in [2.75, 3.05) is 6.54 Å². The Labute approximate surface area is 126 Å². The minimum Gasteiger partial charge on any atom is -0.392 e. The first-order valence-electron chi connectivity index (χ1n) is 6.92. The van der Waals surface area contributed by atoms with Crippen molar-refractivity contribution >= 4 is 17.5 Å². The second-order valence-corrected chi connectivity index (χ2v) is 6.63. The molecule has 2 N–H and O–H groups in total. The molecule has 0 heterocycles. The van der Waals surface area contributed by atoms with E-state index in [9.17, 15) is 9.90 Å². The summed E-state index contributed by atoms with van der Waals surface area (Å²) in [7, 11) is 0. The molecule has 3 nitrogen and oxygen atoms in total. The van der Waals surface area contributed by atoms with Crippen molar-refractivity contribution in [3.8, 4) is 0 Å². The summed E-state index contributed by atoms with van der Waals surface area (Å²) in [6.07, 6.45) is -0.198. The lowest BCUT2D eigenvalue weighted by molar-refractivity contribution is -0.121. The van der Waals surface area contributed by atoms with E-state index in [1.54, 1.807) is 6.07 Å². The van der Waals surface area contributed by atoms with Crippen LogP contribution in [-0.2, 0) is 11.2 Å². The van der Waals surface area contributed by atoms with Gasteiger partial charge < -0.3 is 10.4 Å². The monoisotopic (exact) mass is 297 g/mol. The number of hydrogen-bond donors (Lipinski definition) is 2. The second-order valence-electron chi connectivity index (χ2n) is 6.22. The number of rotatable bonds is 6. The van der Waals surface area contributed by atoms with E-state index in [1.165, 1.54) is 0 Å². The van der Waals surface area contributed by atoms with E-state index in [1.807, 2.05) is 45.9 Å². The van der Waals surface area contributed by atoms with Crippen LogP contribution >= 0.6 is 11.6 Å². The molecule has 1 atom stereocenters. The van der Waals surface area contributed by atoms with Crippen molar-refractivity contribution in [1.82, 2.24) is 5.32 Å². The average molecular weight is 298 g/mol. The third-order valence-corrected chi connectivity index (χ3v) is 3.85. The summed E-state index contributed by atoms with van der Waals surface area (Å²) in [5.74, 6) is 0.0765. The summed E-state index contributed by atoms with van der Waals surface area (Å²) in [4.78, 5) is 12.0. The highest BCUT2D eigenvalue weighted by Crippen LogP contribution is 2.25. The van der Waals surface area contributed by atoms with Gasteiger partial charge in [0.1, 0.15) is 0 Å². The number of benzene rings is 1. The molecule has 1 unspecified atom stereocenters. The number of halogens is 1. The fraction of sp³-hybridized carbons (Fsp3) is 0.562. The van der Waals surface area contributed by atoms with Gasteiger partial charge in [-0.15, -0.1) is 0 Å². The highest BCUT2D eigenvalue weighted by molar-refractivity contribution is 6.31. The van der Waals surface area contributed by atoms with Crippen molar-refractivity contribution in [2.24, 2.45) is 11.3 Å². The molecule has 0 bridgehead atoms. The normalized spacial score (nSPS) is 13.3. The van der Waals surface area contributed by atoms with Crippen molar-refractivity contribution in [1.29, 1.82) is 0 Å². The largest absolute Gasteiger partial charge is 0.392 e. The van der Waals surface area contributed by atoms with E-state index >= 15 is 0 Å². The first-order valence-corrected chi connectivity index (χ1v) is 7.30. The highest BCUT2D eigenvalue weighted by atomic mass is 35.5. The van der Waals surface area contributed by atoms with Crippen LogP contribution in [0.3, 0.4) is 0 Å². The molecule has 0 saturated carbocycles. The molecule has 4 heteroatoms. The molecule has 1 amide bonds. The first kappa shape index (κ1) is 17.0. The van der Waals surface area contributed by atoms with Gasteiger partial charge >= 0.3 is 0 Å². The van der Waals surface area contributed by atoms with Crippen molar-refractivity contribution in [3.05, 3.63) is 34.9 Å².